The van der Waals surface area contributed by atoms with E-state index in [2.05, 4.69) is 22.9 Å². The molecule has 3 heteroatoms. The summed E-state index contributed by atoms with van der Waals surface area (Å²) in [5.74, 6) is 2.03. The van der Waals surface area contributed by atoms with Crippen LogP contribution in [0.4, 0.5) is 5.82 Å². The molecule has 0 bridgehead atoms. The Bertz CT molecular complexity index is 424. The van der Waals surface area contributed by atoms with Gasteiger partial charge in [0.1, 0.15) is 5.82 Å². The first-order valence-electron chi connectivity index (χ1n) is 7.74. The van der Waals surface area contributed by atoms with Gasteiger partial charge in [-0.15, -0.1) is 0 Å². The van der Waals surface area contributed by atoms with Crippen molar-refractivity contribution in [2.75, 3.05) is 11.4 Å². The molecule has 0 radical (unpaired) electrons. The Morgan fingerprint density at radius 1 is 1.26 bits per heavy atom. The highest BCUT2D eigenvalue weighted by molar-refractivity contribution is 5.50. The molecule has 104 valence electrons. The summed E-state index contributed by atoms with van der Waals surface area (Å²) in [6.45, 7) is 3.21. The number of hydrogen-bond donors (Lipinski definition) is 1. The van der Waals surface area contributed by atoms with E-state index in [1.54, 1.807) is 0 Å². The van der Waals surface area contributed by atoms with Gasteiger partial charge in [0.05, 0.1) is 0 Å². The number of hydrogen-bond acceptors (Lipinski definition) is 3. The zero-order chi connectivity index (χ0) is 13.2. The molecule has 3 rings (SSSR count). The fourth-order valence-corrected chi connectivity index (χ4v) is 3.89. The normalized spacial score (nSPS) is 26.0. The maximum atomic E-state index is 6.11. The molecule has 2 atom stereocenters. The van der Waals surface area contributed by atoms with E-state index in [9.17, 15) is 0 Å². The van der Waals surface area contributed by atoms with E-state index < -0.39 is 0 Å². The molecule has 1 unspecified atom stereocenters. The van der Waals surface area contributed by atoms with Gasteiger partial charge in [0.25, 0.3) is 0 Å². The highest BCUT2D eigenvalue weighted by Gasteiger charge is 2.34. The Hall–Kier alpha value is -1.09. The van der Waals surface area contributed by atoms with Gasteiger partial charge in [0.15, 0.2) is 0 Å². The monoisotopic (exact) mass is 259 g/mol. The summed E-state index contributed by atoms with van der Waals surface area (Å²) in [7, 11) is 0. The number of rotatable bonds is 3. The molecule has 1 aromatic heterocycles. The lowest BCUT2D eigenvalue weighted by molar-refractivity contribution is 0.428. The van der Waals surface area contributed by atoms with Crippen LogP contribution in [0.3, 0.4) is 0 Å². The van der Waals surface area contributed by atoms with Gasteiger partial charge in [-0.1, -0.05) is 18.9 Å². The Labute approximate surface area is 116 Å². The Morgan fingerprint density at radius 2 is 2.05 bits per heavy atom. The van der Waals surface area contributed by atoms with E-state index in [1.807, 2.05) is 12.3 Å². The number of pyridine rings is 1. The van der Waals surface area contributed by atoms with Gasteiger partial charge in [0, 0.05) is 30.4 Å². The van der Waals surface area contributed by atoms with Gasteiger partial charge in [-0.3, -0.25) is 0 Å². The lowest BCUT2D eigenvalue weighted by Gasteiger charge is -2.32. The van der Waals surface area contributed by atoms with Crippen molar-refractivity contribution in [3.8, 4) is 0 Å². The predicted octanol–water partition coefficient (Wildman–Crippen LogP) is 3.26. The largest absolute Gasteiger partial charge is 0.353 e. The summed E-state index contributed by atoms with van der Waals surface area (Å²) in [6.07, 6.45) is 10.2. The first-order valence-corrected chi connectivity index (χ1v) is 7.74. The van der Waals surface area contributed by atoms with E-state index >= 15 is 0 Å². The fraction of sp³-hybridized carbons (Fsp3) is 0.688. The lowest BCUT2D eigenvalue weighted by Crippen LogP contribution is -2.36. The van der Waals surface area contributed by atoms with Gasteiger partial charge in [-0.05, 0) is 44.6 Å². The van der Waals surface area contributed by atoms with E-state index in [4.69, 9.17) is 5.73 Å². The molecular weight excluding hydrogens is 234 g/mol. The van der Waals surface area contributed by atoms with Crippen LogP contribution in [0.15, 0.2) is 18.3 Å². The molecule has 0 amide bonds. The second-order valence-corrected chi connectivity index (χ2v) is 6.15. The zero-order valence-corrected chi connectivity index (χ0v) is 11.9. The Morgan fingerprint density at radius 3 is 2.79 bits per heavy atom. The van der Waals surface area contributed by atoms with E-state index in [-0.39, 0.29) is 6.04 Å². The van der Waals surface area contributed by atoms with E-state index in [0.29, 0.717) is 6.04 Å². The maximum Gasteiger partial charge on any atom is 0.133 e. The molecular formula is C16H25N3. The van der Waals surface area contributed by atoms with Crippen LogP contribution in [0.1, 0.15) is 57.1 Å². The van der Waals surface area contributed by atoms with Crippen LogP contribution in [0, 0.1) is 5.92 Å². The average Bonchev–Trinajstić information content (AvgIpc) is 3.09. The van der Waals surface area contributed by atoms with Crippen molar-refractivity contribution in [3.63, 3.8) is 0 Å². The van der Waals surface area contributed by atoms with Gasteiger partial charge in [-0.2, -0.15) is 0 Å². The topological polar surface area (TPSA) is 42.1 Å². The van der Waals surface area contributed by atoms with Gasteiger partial charge in [-0.25, -0.2) is 4.98 Å². The number of aromatic nitrogens is 1. The standard InChI is InChI=1S/C16H25N3/c1-12(17)14-8-4-10-18-16(14)19-11-5-9-15(19)13-6-2-3-7-13/h4,8,10,12-13,15H,2-3,5-7,9,11,17H2,1H3/t12-,15?/m0/s1. The summed E-state index contributed by atoms with van der Waals surface area (Å²) in [5, 5.41) is 0. The van der Waals surface area contributed by atoms with Crippen LogP contribution in [0.5, 0.6) is 0 Å². The summed E-state index contributed by atoms with van der Waals surface area (Å²) in [6, 6.07) is 4.91. The smallest absolute Gasteiger partial charge is 0.133 e. The summed E-state index contributed by atoms with van der Waals surface area (Å²) < 4.78 is 0. The quantitative estimate of drug-likeness (QED) is 0.906. The second-order valence-electron chi connectivity index (χ2n) is 6.15. The minimum atomic E-state index is 0.0635. The molecule has 2 fully saturated rings. The highest BCUT2D eigenvalue weighted by atomic mass is 15.2. The molecule has 3 nitrogen and oxygen atoms in total. The van der Waals surface area contributed by atoms with Crippen LogP contribution in [0.25, 0.3) is 0 Å². The third-order valence-electron chi connectivity index (χ3n) is 4.82. The summed E-state index contributed by atoms with van der Waals surface area (Å²) in [4.78, 5) is 7.20. The highest BCUT2D eigenvalue weighted by Crippen LogP contribution is 2.38. The van der Waals surface area contributed by atoms with Crippen molar-refractivity contribution in [1.29, 1.82) is 0 Å². The van der Waals surface area contributed by atoms with Crippen molar-refractivity contribution >= 4 is 5.82 Å². The summed E-state index contributed by atoms with van der Waals surface area (Å²) >= 11 is 0. The van der Waals surface area contributed by atoms with Gasteiger partial charge in [0.2, 0.25) is 0 Å². The van der Waals surface area contributed by atoms with E-state index in [0.717, 1.165) is 18.3 Å². The van der Waals surface area contributed by atoms with Gasteiger partial charge < -0.3 is 10.6 Å². The third kappa shape index (κ3) is 2.48. The van der Waals surface area contributed by atoms with Crippen LogP contribution in [0.2, 0.25) is 0 Å². The minimum absolute atomic E-state index is 0.0635. The molecule has 19 heavy (non-hydrogen) atoms. The first-order chi connectivity index (χ1) is 9.27. The van der Waals surface area contributed by atoms with Crippen molar-refractivity contribution in [2.45, 2.75) is 57.5 Å². The molecule has 2 heterocycles. The molecule has 0 aromatic carbocycles. The molecule has 2 aliphatic rings. The fourth-order valence-electron chi connectivity index (χ4n) is 3.89. The number of anilines is 1. The predicted molar refractivity (Wildman–Crippen MR) is 79.2 cm³/mol. The van der Waals surface area contributed by atoms with Crippen LogP contribution in [-0.2, 0) is 0 Å². The molecule has 1 aromatic rings. The third-order valence-corrected chi connectivity index (χ3v) is 4.82. The lowest BCUT2D eigenvalue weighted by atomic mass is 9.95. The average molecular weight is 259 g/mol. The minimum Gasteiger partial charge on any atom is -0.353 e. The van der Waals surface area contributed by atoms with Gasteiger partial charge >= 0.3 is 0 Å². The molecule has 1 saturated heterocycles. The van der Waals surface area contributed by atoms with Crippen molar-refractivity contribution < 1.29 is 0 Å². The molecule has 1 saturated carbocycles. The Balaban J connectivity index is 1.87. The first kappa shape index (κ1) is 12.9. The SMILES string of the molecule is C[C@H](N)c1cccnc1N1CCCC1C1CCCC1. The maximum absolute atomic E-state index is 6.11. The number of nitrogens with zero attached hydrogens (tertiary/aromatic N) is 2. The van der Waals surface area contributed by atoms with Crippen molar-refractivity contribution in [3.05, 3.63) is 23.9 Å². The van der Waals surface area contributed by atoms with Crippen LogP contribution >= 0.6 is 0 Å². The van der Waals surface area contributed by atoms with Crippen molar-refractivity contribution in [2.24, 2.45) is 11.7 Å². The second kappa shape index (κ2) is 5.49. The summed E-state index contributed by atoms with van der Waals surface area (Å²) in [5.41, 5.74) is 7.32. The van der Waals surface area contributed by atoms with Crippen LogP contribution in [-0.4, -0.2) is 17.6 Å². The Kier molecular flexibility index (Phi) is 3.74. The zero-order valence-electron chi connectivity index (χ0n) is 11.9. The molecule has 1 aliphatic heterocycles. The van der Waals surface area contributed by atoms with Crippen molar-refractivity contribution in [1.82, 2.24) is 4.98 Å². The molecule has 1 aliphatic carbocycles. The van der Waals surface area contributed by atoms with Crippen LogP contribution < -0.4 is 10.6 Å². The number of nitrogens with two attached hydrogens (primary N) is 1. The molecule has 0 spiro atoms. The molecule has 2 N–H and O–H groups in total. The van der Waals surface area contributed by atoms with E-state index in [1.165, 1.54) is 44.1 Å².